The van der Waals surface area contributed by atoms with Crippen LogP contribution in [0.4, 0.5) is 8.78 Å². The summed E-state index contributed by atoms with van der Waals surface area (Å²) in [6.45, 7) is 5.38. The Morgan fingerprint density at radius 2 is 1.63 bits per heavy atom. The molecule has 1 amide bonds. The summed E-state index contributed by atoms with van der Waals surface area (Å²) in [5.41, 5.74) is -0.703. The van der Waals surface area contributed by atoms with E-state index in [1.807, 2.05) is 6.08 Å². The highest BCUT2D eigenvalue weighted by molar-refractivity contribution is 5.97. The van der Waals surface area contributed by atoms with Crippen molar-refractivity contribution in [1.82, 2.24) is 5.32 Å². The molecule has 1 N–H and O–H groups in total. The molecule has 6 heteroatoms. The first kappa shape index (κ1) is 22.8. The average Bonchev–Trinajstić information content (AvgIpc) is 2.62. The summed E-state index contributed by atoms with van der Waals surface area (Å²) < 4.78 is 32.2. The van der Waals surface area contributed by atoms with E-state index in [-0.39, 0.29) is 6.61 Å². The van der Waals surface area contributed by atoms with E-state index >= 15 is 0 Å². The maximum atomic E-state index is 13.6. The second-order valence-corrected chi connectivity index (χ2v) is 6.51. The van der Waals surface area contributed by atoms with E-state index in [0.29, 0.717) is 0 Å². The molecule has 0 saturated carbocycles. The summed E-state index contributed by atoms with van der Waals surface area (Å²) >= 11 is 0. The monoisotopic (exact) mass is 381 g/mol. The number of carbonyl (C=O) groups excluding carboxylic acids is 2. The molecule has 1 aromatic rings. The molecule has 0 radical (unpaired) electrons. The third-order valence-corrected chi connectivity index (χ3v) is 4.19. The molecule has 0 aliphatic heterocycles. The van der Waals surface area contributed by atoms with Crippen LogP contribution in [0.3, 0.4) is 0 Å². The van der Waals surface area contributed by atoms with Crippen LogP contribution < -0.4 is 5.32 Å². The molecule has 0 spiro atoms. The fourth-order valence-electron chi connectivity index (χ4n) is 2.61. The molecule has 0 aliphatic carbocycles. The minimum absolute atomic E-state index is 0.267. The Kier molecular flexibility index (Phi) is 11.0. The van der Waals surface area contributed by atoms with Crippen molar-refractivity contribution in [3.8, 4) is 0 Å². The van der Waals surface area contributed by atoms with Gasteiger partial charge < -0.3 is 10.1 Å². The summed E-state index contributed by atoms with van der Waals surface area (Å²) in [4.78, 5) is 23.8. The summed E-state index contributed by atoms with van der Waals surface area (Å²) in [5.74, 6) is -3.55. The van der Waals surface area contributed by atoms with E-state index in [1.54, 1.807) is 0 Å². The predicted molar refractivity (Wildman–Crippen MR) is 101 cm³/mol. The second kappa shape index (κ2) is 13.0. The Morgan fingerprint density at radius 1 is 1.07 bits per heavy atom. The summed E-state index contributed by atoms with van der Waals surface area (Å²) in [6.07, 6.45) is 10.6. The largest absolute Gasteiger partial charge is 0.464 e. The van der Waals surface area contributed by atoms with Crippen molar-refractivity contribution < 1.29 is 23.1 Å². The quantitative estimate of drug-likeness (QED) is 0.299. The number of rotatable bonds is 13. The van der Waals surface area contributed by atoms with Gasteiger partial charge in [-0.3, -0.25) is 4.79 Å². The molecule has 0 saturated heterocycles. The minimum Gasteiger partial charge on any atom is -0.464 e. The number of amides is 1. The number of hydrogen-bond acceptors (Lipinski definition) is 3. The molecule has 27 heavy (non-hydrogen) atoms. The van der Waals surface area contributed by atoms with E-state index in [2.05, 4.69) is 11.9 Å². The molecule has 4 nitrogen and oxygen atoms in total. The normalized spacial score (nSPS) is 11.7. The molecule has 0 aliphatic rings. The molecule has 0 fully saturated rings. The van der Waals surface area contributed by atoms with Gasteiger partial charge in [0.2, 0.25) is 0 Å². The van der Waals surface area contributed by atoms with Gasteiger partial charge in [0.25, 0.3) is 5.91 Å². The second-order valence-electron chi connectivity index (χ2n) is 6.51. The maximum absolute atomic E-state index is 13.6. The van der Waals surface area contributed by atoms with Crippen LogP contribution in [0, 0.1) is 11.6 Å². The van der Waals surface area contributed by atoms with Crippen molar-refractivity contribution in [3.05, 3.63) is 48.1 Å². The zero-order chi connectivity index (χ0) is 20.1. The Morgan fingerprint density at radius 3 is 2.22 bits per heavy atom. The highest BCUT2D eigenvalue weighted by Crippen LogP contribution is 2.12. The Labute approximate surface area is 160 Å². The zero-order valence-corrected chi connectivity index (χ0v) is 15.9. The lowest BCUT2D eigenvalue weighted by atomic mass is 10.1. The van der Waals surface area contributed by atoms with E-state index < -0.39 is 35.1 Å². The molecule has 0 bridgehead atoms. The number of allylic oxidation sites excluding steroid dienone is 1. The van der Waals surface area contributed by atoms with Crippen LogP contribution in [-0.4, -0.2) is 24.5 Å². The average molecular weight is 381 g/mol. The van der Waals surface area contributed by atoms with Gasteiger partial charge in [-0.1, -0.05) is 44.2 Å². The van der Waals surface area contributed by atoms with Gasteiger partial charge in [-0.05, 0) is 38.3 Å². The third kappa shape index (κ3) is 8.80. The lowest BCUT2D eigenvalue weighted by Gasteiger charge is -2.14. The lowest BCUT2D eigenvalue weighted by molar-refractivity contribution is -0.145. The smallest absolute Gasteiger partial charge is 0.328 e. The van der Waals surface area contributed by atoms with E-state index in [1.165, 1.54) is 32.3 Å². The van der Waals surface area contributed by atoms with Gasteiger partial charge in [-0.25, -0.2) is 13.6 Å². The SMILES string of the molecule is C=CCCCCCCCCCOC(=O)C(C)NC(=O)c1c(F)cccc1F. The van der Waals surface area contributed by atoms with Gasteiger partial charge in [-0.2, -0.15) is 0 Å². The highest BCUT2D eigenvalue weighted by atomic mass is 19.1. The van der Waals surface area contributed by atoms with Crippen LogP contribution in [0.5, 0.6) is 0 Å². The van der Waals surface area contributed by atoms with Gasteiger partial charge in [-0.15, -0.1) is 6.58 Å². The number of esters is 1. The molecular formula is C21H29F2NO3. The first-order valence-electron chi connectivity index (χ1n) is 9.49. The Bertz CT molecular complexity index is 599. The zero-order valence-electron chi connectivity index (χ0n) is 15.9. The third-order valence-electron chi connectivity index (χ3n) is 4.19. The van der Waals surface area contributed by atoms with Crippen LogP contribution in [0.2, 0.25) is 0 Å². The van der Waals surface area contributed by atoms with Crippen LogP contribution in [0.1, 0.15) is 68.6 Å². The van der Waals surface area contributed by atoms with Crippen molar-refractivity contribution >= 4 is 11.9 Å². The van der Waals surface area contributed by atoms with Crippen molar-refractivity contribution in [2.75, 3.05) is 6.61 Å². The highest BCUT2D eigenvalue weighted by Gasteiger charge is 2.22. The van der Waals surface area contributed by atoms with Crippen LogP contribution in [-0.2, 0) is 9.53 Å². The number of nitrogens with one attached hydrogen (secondary N) is 1. The summed E-state index contributed by atoms with van der Waals surface area (Å²) in [5, 5.41) is 2.26. The predicted octanol–water partition coefficient (Wildman–Crippen LogP) is 4.93. The van der Waals surface area contributed by atoms with E-state index in [9.17, 15) is 18.4 Å². The minimum atomic E-state index is -0.985. The number of carbonyl (C=O) groups is 2. The summed E-state index contributed by atoms with van der Waals surface area (Å²) in [6, 6.07) is 2.16. The van der Waals surface area contributed by atoms with Gasteiger partial charge in [0, 0.05) is 0 Å². The number of ether oxygens (including phenoxy) is 1. The van der Waals surface area contributed by atoms with Crippen LogP contribution >= 0.6 is 0 Å². The Balaban J connectivity index is 2.19. The maximum Gasteiger partial charge on any atom is 0.328 e. The fraction of sp³-hybridized carbons (Fsp3) is 0.524. The molecule has 1 aromatic carbocycles. The van der Waals surface area contributed by atoms with Crippen LogP contribution in [0.15, 0.2) is 30.9 Å². The molecule has 1 atom stereocenters. The van der Waals surface area contributed by atoms with Gasteiger partial charge in [0.05, 0.1) is 6.61 Å². The standard InChI is InChI=1S/C21H29F2NO3/c1-3-4-5-6-7-8-9-10-11-15-27-21(26)16(2)24-20(25)19-17(22)13-12-14-18(19)23/h3,12-14,16H,1,4-11,15H2,2H3,(H,24,25). The van der Waals surface area contributed by atoms with Crippen molar-refractivity contribution in [3.63, 3.8) is 0 Å². The molecular weight excluding hydrogens is 352 g/mol. The van der Waals surface area contributed by atoms with Crippen molar-refractivity contribution in [2.45, 2.75) is 64.3 Å². The lowest BCUT2D eigenvalue weighted by Crippen LogP contribution is -2.40. The topological polar surface area (TPSA) is 55.4 Å². The molecule has 0 aromatic heterocycles. The molecule has 1 rings (SSSR count). The first-order chi connectivity index (χ1) is 13.0. The number of halogens is 2. The number of benzene rings is 1. The van der Waals surface area contributed by atoms with Gasteiger partial charge in [0.1, 0.15) is 23.2 Å². The fourth-order valence-corrected chi connectivity index (χ4v) is 2.61. The number of unbranched alkanes of at least 4 members (excludes halogenated alkanes) is 7. The first-order valence-corrected chi connectivity index (χ1v) is 9.49. The Hall–Kier alpha value is -2.24. The van der Waals surface area contributed by atoms with Crippen LogP contribution in [0.25, 0.3) is 0 Å². The van der Waals surface area contributed by atoms with E-state index in [4.69, 9.17) is 4.74 Å². The van der Waals surface area contributed by atoms with Crippen molar-refractivity contribution in [1.29, 1.82) is 0 Å². The van der Waals surface area contributed by atoms with Gasteiger partial charge in [0.15, 0.2) is 0 Å². The molecule has 0 heterocycles. The van der Waals surface area contributed by atoms with Crippen molar-refractivity contribution in [2.24, 2.45) is 0 Å². The van der Waals surface area contributed by atoms with E-state index in [0.717, 1.165) is 44.2 Å². The summed E-state index contributed by atoms with van der Waals surface area (Å²) in [7, 11) is 0. The molecule has 1 unspecified atom stereocenters. The van der Waals surface area contributed by atoms with Gasteiger partial charge >= 0.3 is 5.97 Å². The molecule has 150 valence electrons. The number of hydrogen-bond donors (Lipinski definition) is 1.